The van der Waals surface area contributed by atoms with Crippen LogP contribution in [-0.4, -0.2) is 0 Å². The fourth-order valence-electron chi connectivity index (χ4n) is 5.10. The molecular formula is C33H43NS. The van der Waals surface area contributed by atoms with Gasteiger partial charge in [-0.25, -0.2) is 0 Å². The van der Waals surface area contributed by atoms with E-state index >= 15 is 0 Å². The Morgan fingerprint density at radius 3 is 1.77 bits per heavy atom. The van der Waals surface area contributed by atoms with Crippen molar-refractivity contribution in [2.75, 3.05) is 4.90 Å². The summed E-state index contributed by atoms with van der Waals surface area (Å²) in [4.78, 5) is 5.20. The number of unbranched alkanes of at least 4 members (excludes halogenated alkanes) is 1. The summed E-state index contributed by atoms with van der Waals surface area (Å²) in [5.41, 5.74) is 8.48. The number of benzene rings is 3. The van der Waals surface area contributed by atoms with Gasteiger partial charge in [0.05, 0.1) is 11.4 Å². The number of anilines is 3. The first-order valence-corrected chi connectivity index (χ1v) is 14.4. The molecule has 3 aromatic rings. The van der Waals surface area contributed by atoms with E-state index in [9.17, 15) is 0 Å². The number of nitrogens with zero attached hydrogens (tertiary/aromatic N) is 1. The lowest BCUT2D eigenvalue weighted by Gasteiger charge is -2.36. The first-order valence-electron chi connectivity index (χ1n) is 13.6. The van der Waals surface area contributed by atoms with E-state index in [1.54, 1.807) is 0 Å². The highest BCUT2D eigenvalue weighted by molar-refractivity contribution is 7.99. The van der Waals surface area contributed by atoms with Gasteiger partial charge in [-0.1, -0.05) is 97.3 Å². The van der Waals surface area contributed by atoms with Crippen molar-refractivity contribution in [3.05, 3.63) is 77.4 Å². The predicted molar refractivity (Wildman–Crippen MR) is 155 cm³/mol. The largest absolute Gasteiger partial charge is 0.308 e. The second-order valence-corrected chi connectivity index (χ2v) is 12.5. The van der Waals surface area contributed by atoms with Crippen LogP contribution in [0.15, 0.2) is 70.5 Å². The minimum Gasteiger partial charge on any atom is -0.308 e. The molecule has 0 amide bonds. The Labute approximate surface area is 218 Å². The molecule has 1 aliphatic heterocycles. The van der Waals surface area contributed by atoms with Gasteiger partial charge in [-0.3, -0.25) is 0 Å². The minimum absolute atomic E-state index is 0.173. The lowest BCUT2D eigenvalue weighted by molar-refractivity contribution is 0.472. The number of hydrogen-bond acceptors (Lipinski definition) is 2. The van der Waals surface area contributed by atoms with Gasteiger partial charge in [0.1, 0.15) is 0 Å². The molecule has 0 N–H and O–H groups in total. The maximum atomic E-state index is 2.48. The van der Waals surface area contributed by atoms with E-state index in [1.165, 1.54) is 69.2 Å². The van der Waals surface area contributed by atoms with Gasteiger partial charge in [-0.15, -0.1) is 0 Å². The molecule has 0 aromatic heterocycles. The summed E-state index contributed by atoms with van der Waals surface area (Å²) in [6.45, 7) is 16.3. The summed E-state index contributed by atoms with van der Waals surface area (Å²) in [7, 11) is 0. The molecule has 0 atom stereocenters. The highest BCUT2D eigenvalue weighted by atomic mass is 32.2. The molecule has 1 nitrogen and oxygen atoms in total. The lowest BCUT2D eigenvalue weighted by atomic mass is 9.80. The Hall–Kier alpha value is -2.19. The van der Waals surface area contributed by atoms with Crippen LogP contribution in [0.3, 0.4) is 0 Å². The average Bonchev–Trinajstić information content (AvgIpc) is 2.85. The van der Waals surface area contributed by atoms with Crippen molar-refractivity contribution in [2.24, 2.45) is 0 Å². The van der Waals surface area contributed by atoms with E-state index in [4.69, 9.17) is 0 Å². The highest BCUT2D eigenvalue weighted by Crippen LogP contribution is 2.53. The smallest absolute Gasteiger partial charge is 0.0601 e. The monoisotopic (exact) mass is 485 g/mol. The quantitative estimate of drug-likeness (QED) is 0.232. The summed E-state index contributed by atoms with van der Waals surface area (Å²) >= 11 is 1.94. The molecule has 186 valence electrons. The Kier molecular flexibility index (Phi) is 7.71. The highest BCUT2D eigenvalue weighted by Gasteiger charge is 2.29. The SMILES string of the molecule is CCCCc1ccc(N2c3ccc(C(C)(C)CC)cc3Sc3cc(C(C)(C)CCC)ccc32)cc1. The third-order valence-corrected chi connectivity index (χ3v) is 9.05. The zero-order chi connectivity index (χ0) is 25.2. The zero-order valence-corrected chi connectivity index (χ0v) is 23.7. The molecule has 0 bridgehead atoms. The van der Waals surface area contributed by atoms with Crippen LogP contribution in [0.4, 0.5) is 17.1 Å². The fraction of sp³-hybridized carbons (Fsp3) is 0.455. The Morgan fingerprint density at radius 2 is 1.26 bits per heavy atom. The van der Waals surface area contributed by atoms with Crippen molar-refractivity contribution >= 4 is 28.8 Å². The summed E-state index contributed by atoms with van der Waals surface area (Å²) in [6.07, 6.45) is 7.17. The van der Waals surface area contributed by atoms with E-state index in [1.807, 2.05) is 11.8 Å². The second-order valence-electron chi connectivity index (χ2n) is 11.4. The van der Waals surface area contributed by atoms with Gasteiger partial charge in [0, 0.05) is 15.5 Å². The predicted octanol–water partition coefficient (Wildman–Crippen LogP) is 10.7. The minimum atomic E-state index is 0.173. The van der Waals surface area contributed by atoms with Gasteiger partial charge >= 0.3 is 0 Å². The molecule has 1 aliphatic rings. The molecule has 0 unspecified atom stereocenters. The van der Waals surface area contributed by atoms with E-state index in [-0.39, 0.29) is 10.8 Å². The number of rotatable bonds is 9. The first kappa shape index (κ1) is 25.9. The second kappa shape index (κ2) is 10.4. The molecule has 0 fully saturated rings. The molecular weight excluding hydrogens is 442 g/mol. The number of fused-ring (bicyclic) bond motifs is 2. The van der Waals surface area contributed by atoms with Crippen LogP contribution < -0.4 is 4.90 Å². The maximum absolute atomic E-state index is 2.48. The van der Waals surface area contributed by atoms with E-state index in [0.29, 0.717) is 0 Å². The van der Waals surface area contributed by atoms with Crippen LogP contribution in [0.25, 0.3) is 0 Å². The molecule has 35 heavy (non-hydrogen) atoms. The third kappa shape index (κ3) is 5.33. The summed E-state index contributed by atoms with van der Waals surface area (Å²) in [6, 6.07) is 23.6. The van der Waals surface area contributed by atoms with Crippen molar-refractivity contribution in [1.29, 1.82) is 0 Å². The standard InChI is InChI=1S/C33H43NS/c1-8-11-12-24-13-17-27(18-14-24)34-28-19-15-25(32(4,5)10-3)22-30(28)35-31-23-26(16-20-29(31)34)33(6,7)21-9-2/h13-20,22-23H,8-12,21H2,1-7H3. The lowest BCUT2D eigenvalue weighted by Crippen LogP contribution is -2.20. The van der Waals surface area contributed by atoms with Crippen LogP contribution >= 0.6 is 11.8 Å². The molecule has 1 heterocycles. The van der Waals surface area contributed by atoms with Crippen molar-refractivity contribution in [3.63, 3.8) is 0 Å². The summed E-state index contributed by atoms with van der Waals surface area (Å²) in [5, 5.41) is 0. The average molecular weight is 486 g/mol. The third-order valence-electron chi connectivity index (χ3n) is 7.96. The van der Waals surface area contributed by atoms with E-state index in [2.05, 4.69) is 114 Å². The molecule has 3 aromatic carbocycles. The van der Waals surface area contributed by atoms with Crippen LogP contribution in [0.2, 0.25) is 0 Å². The van der Waals surface area contributed by atoms with Crippen molar-refractivity contribution in [2.45, 2.75) is 108 Å². The van der Waals surface area contributed by atoms with Crippen molar-refractivity contribution < 1.29 is 0 Å². The van der Waals surface area contributed by atoms with Crippen LogP contribution in [0, 0.1) is 0 Å². The van der Waals surface area contributed by atoms with Gasteiger partial charge in [0.2, 0.25) is 0 Å². The first-order chi connectivity index (χ1) is 16.7. The fourth-order valence-corrected chi connectivity index (χ4v) is 6.23. The van der Waals surface area contributed by atoms with Gasteiger partial charge < -0.3 is 4.90 Å². The van der Waals surface area contributed by atoms with Gasteiger partial charge in [-0.2, -0.15) is 0 Å². The van der Waals surface area contributed by atoms with Crippen LogP contribution in [0.5, 0.6) is 0 Å². The molecule has 2 heteroatoms. The van der Waals surface area contributed by atoms with Gasteiger partial charge in [-0.05, 0) is 89.6 Å². The summed E-state index contributed by atoms with van der Waals surface area (Å²) in [5.74, 6) is 0. The molecule has 0 saturated heterocycles. The van der Waals surface area contributed by atoms with Crippen molar-refractivity contribution in [1.82, 2.24) is 0 Å². The molecule has 0 spiro atoms. The molecule has 0 aliphatic carbocycles. The maximum Gasteiger partial charge on any atom is 0.0601 e. The molecule has 0 radical (unpaired) electrons. The van der Waals surface area contributed by atoms with Crippen LogP contribution in [0.1, 0.15) is 97.3 Å². The Balaban J connectivity index is 1.82. The van der Waals surface area contributed by atoms with Crippen LogP contribution in [-0.2, 0) is 17.3 Å². The number of aryl methyl sites for hydroxylation is 1. The molecule has 0 saturated carbocycles. The Bertz CT molecular complexity index is 1160. The van der Waals surface area contributed by atoms with Crippen molar-refractivity contribution in [3.8, 4) is 0 Å². The number of hydrogen-bond donors (Lipinski definition) is 0. The summed E-state index contributed by atoms with van der Waals surface area (Å²) < 4.78 is 0. The Morgan fingerprint density at radius 1 is 0.686 bits per heavy atom. The molecule has 4 rings (SSSR count). The normalized spacial score (nSPS) is 13.5. The van der Waals surface area contributed by atoms with E-state index in [0.717, 1.165) is 12.8 Å². The zero-order valence-electron chi connectivity index (χ0n) is 22.9. The van der Waals surface area contributed by atoms with E-state index < -0.39 is 0 Å². The topological polar surface area (TPSA) is 3.24 Å². The van der Waals surface area contributed by atoms with Gasteiger partial charge in [0.15, 0.2) is 0 Å². The van der Waals surface area contributed by atoms with Gasteiger partial charge in [0.25, 0.3) is 0 Å².